The molecule has 1 aliphatic rings. The quantitative estimate of drug-likeness (QED) is 0.613. The zero-order valence-electron chi connectivity index (χ0n) is 16.0. The number of amides is 1. The first-order valence-corrected chi connectivity index (χ1v) is 10.3. The van der Waals surface area contributed by atoms with E-state index in [9.17, 15) is 18.0 Å². The number of carbonyl (C=O) groups excluding carboxylic acids is 1. The van der Waals surface area contributed by atoms with E-state index >= 15 is 0 Å². The standard InChI is InChI=1S/C18H18ClF3N6OS/c1-9-10(8-24-27(9)2)7-23-17(29)15-14(19)16-25-11(12-4-3-5-30-12)6-13(18(20,21)22)28(16)26-15/h3-5,8,11,13,25H,6-7H2,1-2H3,(H,23,29)/t11-,13-/m0/s1. The molecule has 1 amide bonds. The van der Waals surface area contributed by atoms with Gasteiger partial charge in [-0.3, -0.25) is 9.48 Å². The first kappa shape index (κ1) is 20.7. The molecule has 1 aliphatic heterocycles. The predicted octanol–water partition coefficient (Wildman–Crippen LogP) is 4.23. The lowest BCUT2D eigenvalue weighted by molar-refractivity contribution is -0.173. The maximum Gasteiger partial charge on any atom is 0.410 e. The zero-order valence-corrected chi connectivity index (χ0v) is 17.6. The van der Waals surface area contributed by atoms with Crippen LogP contribution in [0.3, 0.4) is 0 Å². The van der Waals surface area contributed by atoms with Crippen LogP contribution in [0, 0.1) is 6.92 Å². The molecule has 0 unspecified atom stereocenters. The van der Waals surface area contributed by atoms with Crippen molar-refractivity contribution in [3.63, 3.8) is 0 Å². The number of nitrogens with one attached hydrogen (secondary N) is 2. The van der Waals surface area contributed by atoms with Gasteiger partial charge in [-0.25, -0.2) is 4.68 Å². The van der Waals surface area contributed by atoms with Crippen LogP contribution in [0.5, 0.6) is 0 Å². The smallest absolute Gasteiger partial charge is 0.361 e. The molecule has 3 aromatic heterocycles. The fraction of sp³-hybridized carbons (Fsp3) is 0.389. The summed E-state index contributed by atoms with van der Waals surface area (Å²) in [5.41, 5.74) is 1.40. The van der Waals surface area contributed by atoms with Gasteiger partial charge < -0.3 is 10.6 Å². The maximum absolute atomic E-state index is 13.8. The van der Waals surface area contributed by atoms with Crippen LogP contribution in [-0.4, -0.2) is 31.6 Å². The van der Waals surface area contributed by atoms with Crippen LogP contribution in [0.1, 0.15) is 45.1 Å². The van der Waals surface area contributed by atoms with Crippen LogP contribution in [-0.2, 0) is 13.6 Å². The van der Waals surface area contributed by atoms with Crippen molar-refractivity contribution in [2.45, 2.75) is 38.1 Å². The first-order valence-electron chi connectivity index (χ1n) is 9.07. The number of anilines is 1. The number of carbonyl (C=O) groups is 1. The zero-order chi connectivity index (χ0) is 21.6. The third kappa shape index (κ3) is 3.67. The van der Waals surface area contributed by atoms with E-state index < -0.39 is 24.2 Å². The lowest BCUT2D eigenvalue weighted by Gasteiger charge is -2.32. The van der Waals surface area contributed by atoms with Gasteiger partial charge in [0, 0.05) is 36.1 Å². The number of fused-ring (bicyclic) bond motifs is 1. The van der Waals surface area contributed by atoms with Gasteiger partial charge in [0.15, 0.2) is 11.7 Å². The van der Waals surface area contributed by atoms with Gasteiger partial charge in [-0.15, -0.1) is 11.3 Å². The topological polar surface area (TPSA) is 76.8 Å². The fourth-order valence-corrected chi connectivity index (χ4v) is 4.44. The minimum absolute atomic E-state index is 0.00801. The molecule has 0 bridgehead atoms. The minimum Gasteiger partial charge on any atom is -0.361 e. The highest BCUT2D eigenvalue weighted by atomic mass is 35.5. The number of halogens is 4. The molecule has 0 saturated carbocycles. The summed E-state index contributed by atoms with van der Waals surface area (Å²) in [6.07, 6.45) is -3.17. The molecule has 2 N–H and O–H groups in total. The summed E-state index contributed by atoms with van der Waals surface area (Å²) in [5, 5.41) is 15.4. The second-order valence-electron chi connectivity index (χ2n) is 7.02. The third-order valence-electron chi connectivity index (χ3n) is 5.17. The second kappa shape index (κ2) is 7.62. The fourth-order valence-electron chi connectivity index (χ4n) is 3.39. The Hall–Kier alpha value is -2.53. The van der Waals surface area contributed by atoms with E-state index in [1.54, 1.807) is 35.4 Å². The van der Waals surface area contributed by atoms with Crippen LogP contribution in [0.25, 0.3) is 0 Å². The molecule has 0 aromatic carbocycles. The Morgan fingerprint density at radius 2 is 2.23 bits per heavy atom. The number of rotatable bonds is 4. The molecule has 7 nitrogen and oxygen atoms in total. The summed E-state index contributed by atoms with van der Waals surface area (Å²) in [6, 6.07) is 1.07. The van der Waals surface area contributed by atoms with Crippen LogP contribution in [0.15, 0.2) is 23.7 Å². The Bertz CT molecular complexity index is 1070. The minimum atomic E-state index is -4.54. The number of aromatic nitrogens is 4. The molecular formula is C18H18ClF3N6OS. The van der Waals surface area contributed by atoms with Gasteiger partial charge in [-0.2, -0.15) is 23.4 Å². The van der Waals surface area contributed by atoms with E-state index in [1.807, 2.05) is 6.92 Å². The second-order valence-corrected chi connectivity index (χ2v) is 8.38. The Morgan fingerprint density at radius 1 is 1.47 bits per heavy atom. The number of alkyl halides is 3. The summed E-state index contributed by atoms with van der Waals surface area (Å²) < 4.78 is 43.7. The van der Waals surface area contributed by atoms with Crippen molar-refractivity contribution < 1.29 is 18.0 Å². The molecular weight excluding hydrogens is 441 g/mol. The molecule has 4 rings (SSSR count). The average molecular weight is 459 g/mol. The van der Waals surface area contributed by atoms with Crippen LogP contribution in [0.4, 0.5) is 19.0 Å². The monoisotopic (exact) mass is 458 g/mol. The molecule has 12 heteroatoms. The summed E-state index contributed by atoms with van der Waals surface area (Å²) >= 11 is 7.66. The molecule has 0 saturated heterocycles. The number of hydrogen-bond donors (Lipinski definition) is 2. The van der Waals surface area contributed by atoms with Gasteiger partial charge in [0.25, 0.3) is 5.91 Å². The SMILES string of the molecule is Cc1c(CNC(=O)c2nn3c(c2Cl)N[C@H](c2cccs2)C[C@H]3C(F)(F)F)cnn1C. The van der Waals surface area contributed by atoms with E-state index in [0.29, 0.717) is 0 Å². The number of nitrogens with zero attached hydrogens (tertiary/aromatic N) is 4. The van der Waals surface area contributed by atoms with Crippen LogP contribution < -0.4 is 10.6 Å². The van der Waals surface area contributed by atoms with Gasteiger partial charge >= 0.3 is 6.18 Å². The molecule has 0 radical (unpaired) electrons. The molecule has 0 fully saturated rings. The predicted molar refractivity (Wildman–Crippen MR) is 107 cm³/mol. The molecule has 0 aliphatic carbocycles. The van der Waals surface area contributed by atoms with E-state index in [-0.39, 0.29) is 29.5 Å². The molecule has 160 valence electrons. The normalized spacial score (nSPS) is 18.7. The Morgan fingerprint density at radius 3 is 2.83 bits per heavy atom. The van der Waals surface area contributed by atoms with E-state index in [2.05, 4.69) is 20.8 Å². The maximum atomic E-state index is 13.8. The highest BCUT2D eigenvalue weighted by Gasteiger charge is 2.48. The largest absolute Gasteiger partial charge is 0.410 e. The van der Waals surface area contributed by atoms with Crippen LogP contribution in [0.2, 0.25) is 5.02 Å². The number of thiophene rings is 1. The van der Waals surface area contributed by atoms with Crippen molar-refractivity contribution in [2.24, 2.45) is 7.05 Å². The number of aryl methyl sites for hydroxylation is 1. The molecule has 3 aromatic rings. The van der Waals surface area contributed by atoms with E-state index in [1.165, 1.54) is 11.3 Å². The summed E-state index contributed by atoms with van der Waals surface area (Å²) in [7, 11) is 1.77. The van der Waals surface area contributed by atoms with Gasteiger partial charge in [-0.1, -0.05) is 17.7 Å². The summed E-state index contributed by atoms with van der Waals surface area (Å²) in [5.74, 6) is -0.660. The van der Waals surface area contributed by atoms with Gasteiger partial charge in [0.1, 0.15) is 10.8 Å². The lowest BCUT2D eigenvalue weighted by atomic mass is 10.0. The van der Waals surface area contributed by atoms with Crippen molar-refractivity contribution >= 4 is 34.7 Å². The van der Waals surface area contributed by atoms with Crippen molar-refractivity contribution in [1.82, 2.24) is 24.9 Å². The molecule has 30 heavy (non-hydrogen) atoms. The Labute approximate surface area is 178 Å². The number of hydrogen-bond acceptors (Lipinski definition) is 5. The highest BCUT2D eigenvalue weighted by Crippen LogP contribution is 2.46. The van der Waals surface area contributed by atoms with Crippen molar-refractivity contribution in [3.8, 4) is 0 Å². The highest BCUT2D eigenvalue weighted by molar-refractivity contribution is 7.10. The van der Waals surface area contributed by atoms with Crippen LogP contribution >= 0.6 is 22.9 Å². The van der Waals surface area contributed by atoms with E-state index in [4.69, 9.17) is 11.6 Å². The van der Waals surface area contributed by atoms with Gasteiger partial charge in [0.2, 0.25) is 0 Å². The third-order valence-corrected chi connectivity index (χ3v) is 6.52. The summed E-state index contributed by atoms with van der Waals surface area (Å²) in [6.45, 7) is 2.00. The molecule has 0 spiro atoms. The Balaban J connectivity index is 1.63. The lowest BCUT2D eigenvalue weighted by Crippen LogP contribution is -2.35. The Kier molecular flexibility index (Phi) is 5.27. The molecule has 4 heterocycles. The first-order chi connectivity index (χ1) is 14.2. The van der Waals surface area contributed by atoms with Crippen molar-refractivity contribution in [1.29, 1.82) is 0 Å². The van der Waals surface area contributed by atoms with Crippen molar-refractivity contribution in [2.75, 3.05) is 5.32 Å². The molecule has 2 atom stereocenters. The van der Waals surface area contributed by atoms with Crippen molar-refractivity contribution in [3.05, 3.63) is 50.6 Å². The summed E-state index contributed by atoms with van der Waals surface area (Å²) in [4.78, 5) is 13.4. The van der Waals surface area contributed by atoms with Gasteiger partial charge in [-0.05, 0) is 18.4 Å². The van der Waals surface area contributed by atoms with E-state index in [0.717, 1.165) is 20.8 Å². The average Bonchev–Trinajstić information content (AvgIpc) is 3.41. The van der Waals surface area contributed by atoms with Gasteiger partial charge in [0.05, 0.1) is 12.2 Å².